The van der Waals surface area contributed by atoms with Crippen LogP contribution in [0.2, 0.25) is 0 Å². The molecular formula is C16H20N6O3S. The maximum absolute atomic E-state index is 12.6. The van der Waals surface area contributed by atoms with Crippen molar-refractivity contribution in [2.45, 2.75) is 32.2 Å². The van der Waals surface area contributed by atoms with Crippen molar-refractivity contribution < 1.29 is 13.2 Å². The highest BCUT2D eigenvalue weighted by molar-refractivity contribution is 7.89. The molecule has 1 aromatic carbocycles. The quantitative estimate of drug-likeness (QED) is 0.773. The number of aryl methyl sites for hydroxylation is 1. The lowest BCUT2D eigenvalue weighted by Crippen LogP contribution is -2.30. The monoisotopic (exact) mass is 376 g/mol. The number of nitriles is 1. The molecule has 0 aliphatic rings. The Balaban J connectivity index is 2.22. The molecule has 0 bridgehead atoms. The van der Waals surface area contributed by atoms with Crippen molar-refractivity contribution in [3.05, 3.63) is 35.9 Å². The van der Waals surface area contributed by atoms with Crippen LogP contribution in [-0.2, 0) is 21.4 Å². The van der Waals surface area contributed by atoms with Crippen LogP contribution >= 0.6 is 0 Å². The summed E-state index contributed by atoms with van der Waals surface area (Å²) >= 11 is 0. The van der Waals surface area contributed by atoms with Gasteiger partial charge in [0.1, 0.15) is 18.9 Å². The number of anilines is 1. The van der Waals surface area contributed by atoms with Gasteiger partial charge in [0, 0.05) is 18.8 Å². The van der Waals surface area contributed by atoms with Gasteiger partial charge in [-0.25, -0.2) is 18.1 Å². The standard InChI is InChI=1S/C16H20N6O3S/c1-4-22(5-2)26(24,25)13-7-6-12(3)14(8-13)19-16(23)10-21-11-18-15(9-17)20-21/h6-8,11H,4-5,10H2,1-3H3,(H,19,23). The van der Waals surface area contributed by atoms with Crippen molar-refractivity contribution in [1.82, 2.24) is 19.1 Å². The van der Waals surface area contributed by atoms with E-state index in [1.807, 2.05) is 0 Å². The number of hydrogen-bond donors (Lipinski definition) is 1. The minimum Gasteiger partial charge on any atom is -0.324 e. The summed E-state index contributed by atoms with van der Waals surface area (Å²) in [7, 11) is -3.62. The van der Waals surface area contributed by atoms with Crippen LogP contribution < -0.4 is 5.32 Å². The average Bonchev–Trinajstić information content (AvgIpc) is 3.05. The lowest BCUT2D eigenvalue weighted by Gasteiger charge is -2.19. The summed E-state index contributed by atoms with van der Waals surface area (Å²) in [4.78, 5) is 16.0. The van der Waals surface area contributed by atoms with E-state index in [1.54, 1.807) is 32.9 Å². The second-order valence-corrected chi connectivity index (χ2v) is 7.43. The maximum atomic E-state index is 12.6. The van der Waals surface area contributed by atoms with E-state index in [4.69, 9.17) is 5.26 Å². The topological polar surface area (TPSA) is 121 Å². The molecule has 1 aromatic heterocycles. The molecule has 9 nitrogen and oxygen atoms in total. The molecule has 0 fully saturated rings. The molecule has 1 heterocycles. The van der Waals surface area contributed by atoms with E-state index in [-0.39, 0.29) is 17.3 Å². The number of sulfonamides is 1. The fraction of sp³-hybridized carbons (Fsp3) is 0.375. The van der Waals surface area contributed by atoms with Gasteiger partial charge in [0.2, 0.25) is 15.9 Å². The van der Waals surface area contributed by atoms with Gasteiger partial charge in [0.25, 0.3) is 5.82 Å². The van der Waals surface area contributed by atoms with Crippen LogP contribution in [0.5, 0.6) is 0 Å². The van der Waals surface area contributed by atoms with Crippen LogP contribution in [0, 0.1) is 18.3 Å². The van der Waals surface area contributed by atoms with Gasteiger partial charge in [0.15, 0.2) is 0 Å². The molecule has 1 N–H and O–H groups in total. The third kappa shape index (κ3) is 4.25. The Morgan fingerprint density at radius 2 is 2.04 bits per heavy atom. The molecule has 2 rings (SSSR count). The first-order valence-corrected chi connectivity index (χ1v) is 9.46. The van der Waals surface area contributed by atoms with Gasteiger partial charge in [0.05, 0.1) is 4.90 Å². The summed E-state index contributed by atoms with van der Waals surface area (Å²) in [6.07, 6.45) is 1.28. The zero-order chi connectivity index (χ0) is 19.3. The molecule has 10 heteroatoms. The molecule has 0 aliphatic carbocycles. The third-order valence-electron chi connectivity index (χ3n) is 3.77. The third-order valence-corrected chi connectivity index (χ3v) is 5.81. The number of carbonyl (C=O) groups is 1. The summed E-state index contributed by atoms with van der Waals surface area (Å²) in [5.41, 5.74) is 1.14. The molecule has 0 saturated carbocycles. The summed E-state index contributed by atoms with van der Waals surface area (Å²) < 4.78 is 27.8. The van der Waals surface area contributed by atoms with E-state index >= 15 is 0 Å². The highest BCUT2D eigenvalue weighted by Gasteiger charge is 2.22. The van der Waals surface area contributed by atoms with Crippen molar-refractivity contribution in [3.63, 3.8) is 0 Å². The number of benzene rings is 1. The molecule has 0 atom stereocenters. The zero-order valence-electron chi connectivity index (χ0n) is 14.8. The van der Waals surface area contributed by atoms with Crippen LogP contribution in [0.15, 0.2) is 29.4 Å². The van der Waals surface area contributed by atoms with E-state index in [2.05, 4.69) is 15.4 Å². The van der Waals surface area contributed by atoms with Gasteiger partial charge >= 0.3 is 0 Å². The first-order chi connectivity index (χ1) is 12.3. The van der Waals surface area contributed by atoms with E-state index in [1.165, 1.54) is 27.4 Å². The van der Waals surface area contributed by atoms with E-state index in [0.29, 0.717) is 18.8 Å². The molecule has 0 aliphatic heterocycles. The van der Waals surface area contributed by atoms with Crippen molar-refractivity contribution in [2.24, 2.45) is 0 Å². The predicted octanol–water partition coefficient (Wildman–Crippen LogP) is 1.13. The smallest absolute Gasteiger partial charge is 0.252 e. The van der Waals surface area contributed by atoms with Gasteiger partial charge < -0.3 is 5.32 Å². The molecule has 26 heavy (non-hydrogen) atoms. The van der Waals surface area contributed by atoms with Crippen molar-refractivity contribution >= 4 is 21.6 Å². The zero-order valence-corrected chi connectivity index (χ0v) is 15.6. The molecule has 0 spiro atoms. The number of aromatic nitrogens is 3. The lowest BCUT2D eigenvalue weighted by atomic mass is 10.2. The number of rotatable bonds is 7. The average molecular weight is 376 g/mol. The number of nitrogens with zero attached hydrogens (tertiary/aromatic N) is 5. The minimum atomic E-state index is -3.62. The molecule has 0 unspecified atom stereocenters. The van der Waals surface area contributed by atoms with Gasteiger partial charge in [-0.15, -0.1) is 5.10 Å². The normalized spacial score (nSPS) is 11.3. The van der Waals surface area contributed by atoms with E-state index < -0.39 is 15.9 Å². The molecule has 2 aromatic rings. The SMILES string of the molecule is CCN(CC)S(=O)(=O)c1ccc(C)c(NC(=O)Cn2cnc(C#N)n2)c1. The molecular weight excluding hydrogens is 356 g/mol. The molecule has 138 valence electrons. The number of hydrogen-bond acceptors (Lipinski definition) is 6. The fourth-order valence-electron chi connectivity index (χ4n) is 2.37. The van der Waals surface area contributed by atoms with E-state index in [9.17, 15) is 13.2 Å². The van der Waals surface area contributed by atoms with Crippen molar-refractivity contribution in [3.8, 4) is 6.07 Å². The minimum absolute atomic E-state index is 0.0266. The van der Waals surface area contributed by atoms with Crippen molar-refractivity contribution in [1.29, 1.82) is 5.26 Å². The summed E-state index contributed by atoms with van der Waals surface area (Å²) in [5.74, 6) is -0.429. The number of nitrogens with one attached hydrogen (secondary N) is 1. The van der Waals surface area contributed by atoms with Crippen molar-refractivity contribution in [2.75, 3.05) is 18.4 Å². The highest BCUT2D eigenvalue weighted by atomic mass is 32.2. The Morgan fingerprint density at radius 1 is 1.35 bits per heavy atom. The van der Waals surface area contributed by atoms with Gasteiger partial charge in [-0.3, -0.25) is 4.79 Å². The first kappa shape index (κ1) is 19.6. The Bertz CT molecular complexity index is 941. The van der Waals surface area contributed by atoms with Gasteiger partial charge in [-0.1, -0.05) is 19.9 Å². The Hall–Kier alpha value is -2.77. The van der Waals surface area contributed by atoms with Crippen LogP contribution in [0.25, 0.3) is 0 Å². The molecule has 1 amide bonds. The summed E-state index contributed by atoms with van der Waals surface area (Å²) in [6, 6.07) is 6.40. The summed E-state index contributed by atoms with van der Waals surface area (Å²) in [6.45, 7) is 5.90. The Morgan fingerprint density at radius 3 is 2.62 bits per heavy atom. The first-order valence-electron chi connectivity index (χ1n) is 8.02. The van der Waals surface area contributed by atoms with Crippen LogP contribution in [0.1, 0.15) is 25.2 Å². The van der Waals surface area contributed by atoms with Crippen LogP contribution in [0.3, 0.4) is 0 Å². The largest absolute Gasteiger partial charge is 0.324 e. The Labute approximate surface area is 152 Å². The second-order valence-electron chi connectivity index (χ2n) is 5.49. The number of carbonyl (C=O) groups excluding carboxylic acids is 1. The highest BCUT2D eigenvalue weighted by Crippen LogP contribution is 2.23. The van der Waals surface area contributed by atoms with Gasteiger partial charge in [-0.2, -0.15) is 9.57 Å². The molecule has 0 radical (unpaired) electrons. The van der Waals surface area contributed by atoms with Crippen LogP contribution in [-0.4, -0.2) is 46.5 Å². The van der Waals surface area contributed by atoms with E-state index in [0.717, 1.165) is 5.56 Å². The Kier molecular flexibility index (Phi) is 6.07. The fourth-order valence-corrected chi connectivity index (χ4v) is 3.85. The maximum Gasteiger partial charge on any atom is 0.252 e. The second kappa shape index (κ2) is 8.07. The number of amides is 1. The summed E-state index contributed by atoms with van der Waals surface area (Å²) in [5, 5.41) is 15.2. The van der Waals surface area contributed by atoms with Gasteiger partial charge in [-0.05, 0) is 24.6 Å². The lowest BCUT2D eigenvalue weighted by molar-refractivity contribution is -0.116. The molecule has 0 saturated heterocycles. The predicted molar refractivity (Wildman–Crippen MR) is 94.7 cm³/mol. The van der Waals surface area contributed by atoms with Crippen LogP contribution in [0.4, 0.5) is 5.69 Å².